The molecule has 0 fully saturated rings. The Kier molecular flexibility index (Phi) is 4.46. The summed E-state index contributed by atoms with van der Waals surface area (Å²) in [6, 6.07) is 7.29. The first-order valence-electron chi connectivity index (χ1n) is 6.38. The molecule has 0 atom stereocenters. The van der Waals surface area contributed by atoms with Crippen LogP contribution in [0.2, 0.25) is 0 Å². The Labute approximate surface area is 131 Å². The third kappa shape index (κ3) is 3.79. The summed E-state index contributed by atoms with van der Waals surface area (Å²) < 4.78 is 76.8. The van der Waals surface area contributed by atoms with Crippen molar-refractivity contribution in [3.8, 4) is 5.75 Å². The van der Waals surface area contributed by atoms with E-state index in [0.717, 1.165) is 0 Å². The maximum Gasteiger partial charge on any atom is 0.419 e. The predicted octanol–water partition coefficient (Wildman–Crippen LogP) is 4.68. The third-order valence-electron chi connectivity index (χ3n) is 3.02. The summed E-state index contributed by atoms with van der Waals surface area (Å²) in [4.78, 5) is 12.0. The molecule has 0 aromatic heterocycles. The zero-order chi connectivity index (χ0) is 18.1. The fraction of sp³-hybridized carbons (Fsp3) is 0.133. The molecule has 24 heavy (non-hydrogen) atoms. The van der Waals surface area contributed by atoms with E-state index in [1.165, 1.54) is 24.3 Å². The predicted molar refractivity (Wildman–Crippen MR) is 72.5 cm³/mol. The topological polar surface area (TPSA) is 49.3 Å². The number of phenols is 1. The van der Waals surface area contributed by atoms with Crippen LogP contribution in [0.1, 0.15) is 21.5 Å². The second-order valence-electron chi connectivity index (χ2n) is 4.74. The summed E-state index contributed by atoms with van der Waals surface area (Å²) in [6.07, 6.45) is -10.4. The third-order valence-corrected chi connectivity index (χ3v) is 3.02. The SMILES string of the molecule is O=C(Nc1ccccc1)c1cc(C(F)(F)F)cc(C(F)(F)F)c1O. The molecule has 0 aliphatic rings. The molecule has 0 saturated carbocycles. The lowest BCUT2D eigenvalue weighted by Crippen LogP contribution is -2.17. The summed E-state index contributed by atoms with van der Waals surface area (Å²) in [5.41, 5.74) is -4.60. The number of halogens is 6. The van der Waals surface area contributed by atoms with E-state index >= 15 is 0 Å². The Morgan fingerprint density at radius 1 is 0.917 bits per heavy atom. The van der Waals surface area contributed by atoms with Crippen molar-refractivity contribution in [3.05, 3.63) is 59.2 Å². The zero-order valence-corrected chi connectivity index (χ0v) is 11.7. The second-order valence-corrected chi connectivity index (χ2v) is 4.74. The highest BCUT2D eigenvalue weighted by Crippen LogP contribution is 2.42. The van der Waals surface area contributed by atoms with Crippen LogP contribution in [-0.4, -0.2) is 11.0 Å². The van der Waals surface area contributed by atoms with Crippen LogP contribution in [0.5, 0.6) is 5.75 Å². The van der Waals surface area contributed by atoms with Crippen LogP contribution in [0.3, 0.4) is 0 Å². The number of aromatic hydroxyl groups is 1. The molecule has 2 aromatic carbocycles. The average Bonchev–Trinajstić information content (AvgIpc) is 2.45. The highest BCUT2D eigenvalue weighted by atomic mass is 19.4. The monoisotopic (exact) mass is 349 g/mol. The molecule has 3 nitrogen and oxygen atoms in total. The first kappa shape index (κ1) is 17.6. The number of hydrogen-bond donors (Lipinski definition) is 2. The van der Waals surface area contributed by atoms with E-state index in [1.807, 2.05) is 0 Å². The smallest absolute Gasteiger partial charge is 0.419 e. The van der Waals surface area contributed by atoms with Gasteiger partial charge in [0.15, 0.2) is 0 Å². The van der Waals surface area contributed by atoms with Gasteiger partial charge in [-0.2, -0.15) is 26.3 Å². The fourth-order valence-electron chi connectivity index (χ4n) is 1.91. The first-order chi connectivity index (χ1) is 11.0. The molecule has 0 spiro atoms. The number of phenolic OH excluding ortho intramolecular Hbond substituents is 1. The molecule has 2 aromatic rings. The van der Waals surface area contributed by atoms with Crippen molar-refractivity contribution in [1.82, 2.24) is 0 Å². The van der Waals surface area contributed by atoms with Gasteiger partial charge < -0.3 is 10.4 Å². The van der Waals surface area contributed by atoms with Crippen LogP contribution in [0.4, 0.5) is 32.0 Å². The normalized spacial score (nSPS) is 12.1. The van der Waals surface area contributed by atoms with Crippen molar-refractivity contribution in [2.24, 2.45) is 0 Å². The largest absolute Gasteiger partial charge is 0.506 e. The number of alkyl halides is 6. The number of benzene rings is 2. The minimum absolute atomic E-state index is 0.146. The summed E-state index contributed by atoms with van der Waals surface area (Å²) >= 11 is 0. The zero-order valence-electron chi connectivity index (χ0n) is 11.7. The minimum Gasteiger partial charge on any atom is -0.506 e. The molecule has 0 aliphatic heterocycles. The van der Waals surface area contributed by atoms with Gasteiger partial charge in [0.25, 0.3) is 5.91 Å². The molecular weight excluding hydrogens is 340 g/mol. The summed E-state index contributed by atoms with van der Waals surface area (Å²) in [6.45, 7) is 0. The molecule has 0 radical (unpaired) electrons. The van der Waals surface area contributed by atoms with Crippen LogP contribution >= 0.6 is 0 Å². The van der Waals surface area contributed by atoms with E-state index in [4.69, 9.17) is 0 Å². The van der Waals surface area contributed by atoms with Gasteiger partial charge in [0.05, 0.1) is 16.7 Å². The van der Waals surface area contributed by atoms with E-state index in [9.17, 15) is 36.2 Å². The van der Waals surface area contributed by atoms with Gasteiger partial charge in [-0.25, -0.2) is 0 Å². The van der Waals surface area contributed by atoms with Crippen LogP contribution in [-0.2, 0) is 12.4 Å². The molecule has 2 rings (SSSR count). The van der Waals surface area contributed by atoms with Crippen LogP contribution in [0.15, 0.2) is 42.5 Å². The van der Waals surface area contributed by atoms with Gasteiger partial charge in [-0.05, 0) is 24.3 Å². The summed E-state index contributed by atoms with van der Waals surface area (Å²) in [7, 11) is 0. The second kappa shape index (κ2) is 6.06. The van der Waals surface area contributed by atoms with Gasteiger partial charge in [0, 0.05) is 5.69 Å². The molecule has 0 heterocycles. The van der Waals surface area contributed by atoms with Crippen molar-refractivity contribution < 1.29 is 36.2 Å². The van der Waals surface area contributed by atoms with Gasteiger partial charge in [-0.1, -0.05) is 18.2 Å². The van der Waals surface area contributed by atoms with E-state index in [1.54, 1.807) is 6.07 Å². The Morgan fingerprint density at radius 3 is 2.00 bits per heavy atom. The average molecular weight is 349 g/mol. The molecule has 0 aliphatic carbocycles. The van der Waals surface area contributed by atoms with E-state index in [0.29, 0.717) is 0 Å². The van der Waals surface area contributed by atoms with E-state index in [2.05, 4.69) is 5.32 Å². The minimum atomic E-state index is -5.26. The van der Waals surface area contributed by atoms with Gasteiger partial charge in [0.2, 0.25) is 0 Å². The highest BCUT2D eigenvalue weighted by molar-refractivity contribution is 6.06. The van der Waals surface area contributed by atoms with Gasteiger partial charge in [-0.15, -0.1) is 0 Å². The summed E-state index contributed by atoms with van der Waals surface area (Å²) in [5.74, 6) is -2.86. The van der Waals surface area contributed by atoms with E-state index < -0.39 is 40.7 Å². The van der Waals surface area contributed by atoms with E-state index in [-0.39, 0.29) is 17.8 Å². The molecular formula is C15H9F6NO2. The standard InChI is InChI=1S/C15H9F6NO2/c16-14(17,18)8-6-10(12(23)11(7-8)15(19,20)21)13(24)22-9-4-2-1-3-5-9/h1-7,23H,(H,22,24). The number of amides is 1. The number of nitrogens with one attached hydrogen (secondary N) is 1. The highest BCUT2D eigenvalue weighted by Gasteiger charge is 2.40. The van der Waals surface area contributed by atoms with Gasteiger partial charge >= 0.3 is 12.4 Å². The number of carbonyl (C=O) groups excluding carboxylic acids is 1. The number of anilines is 1. The molecule has 0 bridgehead atoms. The van der Waals surface area contributed by atoms with Crippen molar-refractivity contribution in [2.75, 3.05) is 5.32 Å². The lowest BCUT2D eigenvalue weighted by Gasteiger charge is -2.16. The van der Waals surface area contributed by atoms with Crippen molar-refractivity contribution >= 4 is 11.6 Å². The molecule has 1 amide bonds. The van der Waals surface area contributed by atoms with Crippen LogP contribution in [0.25, 0.3) is 0 Å². The van der Waals surface area contributed by atoms with Crippen LogP contribution in [0, 0.1) is 0 Å². The number of carbonyl (C=O) groups is 1. The number of para-hydroxylation sites is 1. The first-order valence-corrected chi connectivity index (χ1v) is 6.38. The maximum absolute atomic E-state index is 12.8. The Morgan fingerprint density at radius 2 is 1.50 bits per heavy atom. The Balaban J connectivity index is 2.54. The van der Waals surface area contributed by atoms with Crippen molar-refractivity contribution in [3.63, 3.8) is 0 Å². The van der Waals surface area contributed by atoms with Crippen molar-refractivity contribution in [1.29, 1.82) is 0 Å². The molecule has 9 heteroatoms. The maximum atomic E-state index is 12.8. The molecule has 0 unspecified atom stereocenters. The Hall–Kier alpha value is -2.71. The molecule has 128 valence electrons. The van der Waals surface area contributed by atoms with Gasteiger partial charge in [-0.3, -0.25) is 4.79 Å². The van der Waals surface area contributed by atoms with Crippen LogP contribution < -0.4 is 5.32 Å². The lowest BCUT2D eigenvalue weighted by atomic mass is 10.0. The number of rotatable bonds is 2. The van der Waals surface area contributed by atoms with Gasteiger partial charge in [0.1, 0.15) is 5.75 Å². The summed E-state index contributed by atoms with van der Waals surface area (Å²) in [5, 5.41) is 11.7. The quantitative estimate of drug-likeness (QED) is 0.774. The van der Waals surface area contributed by atoms with Crippen molar-refractivity contribution in [2.45, 2.75) is 12.4 Å². The number of hydrogen-bond acceptors (Lipinski definition) is 2. The Bertz CT molecular complexity index is 753. The fourth-order valence-corrected chi connectivity index (χ4v) is 1.91. The lowest BCUT2D eigenvalue weighted by molar-refractivity contribution is -0.143. The molecule has 0 saturated heterocycles. The molecule has 2 N–H and O–H groups in total.